The van der Waals surface area contributed by atoms with Crippen molar-refractivity contribution in [3.63, 3.8) is 0 Å². The van der Waals surface area contributed by atoms with Gasteiger partial charge in [0.05, 0.1) is 6.04 Å². The SMILES string of the molecule is C=CC(=O)N1CCC2CCN(C(=O)O)C2C1. The highest BCUT2D eigenvalue weighted by molar-refractivity contribution is 5.87. The van der Waals surface area contributed by atoms with Crippen molar-refractivity contribution < 1.29 is 14.7 Å². The molecule has 2 atom stereocenters. The molecule has 0 radical (unpaired) electrons. The van der Waals surface area contributed by atoms with Crippen molar-refractivity contribution in [1.82, 2.24) is 9.80 Å². The third-order valence-corrected chi connectivity index (χ3v) is 3.59. The molecule has 0 bridgehead atoms. The summed E-state index contributed by atoms with van der Waals surface area (Å²) in [5.74, 6) is 0.320. The van der Waals surface area contributed by atoms with Gasteiger partial charge in [-0.05, 0) is 24.8 Å². The number of fused-ring (bicyclic) bond motifs is 1. The van der Waals surface area contributed by atoms with Crippen molar-refractivity contribution in [2.75, 3.05) is 19.6 Å². The Bertz CT molecular complexity index is 329. The molecule has 2 saturated heterocycles. The van der Waals surface area contributed by atoms with Crippen LogP contribution in [0.5, 0.6) is 0 Å². The van der Waals surface area contributed by atoms with Crippen molar-refractivity contribution in [3.05, 3.63) is 12.7 Å². The van der Waals surface area contributed by atoms with Gasteiger partial charge in [0.2, 0.25) is 5.91 Å². The predicted octanol–water partition coefficient (Wildman–Crippen LogP) is 0.773. The molecule has 0 spiro atoms. The Labute approximate surface area is 94.3 Å². The van der Waals surface area contributed by atoms with Crippen LogP contribution in [0.3, 0.4) is 0 Å². The molecule has 2 fully saturated rings. The van der Waals surface area contributed by atoms with Crippen LogP contribution < -0.4 is 0 Å². The van der Waals surface area contributed by atoms with Gasteiger partial charge in [-0.1, -0.05) is 6.58 Å². The number of likely N-dealkylation sites (tertiary alicyclic amines) is 2. The minimum Gasteiger partial charge on any atom is -0.465 e. The molecule has 1 N–H and O–H groups in total. The molecule has 0 aliphatic carbocycles. The number of hydrogen-bond donors (Lipinski definition) is 1. The number of carbonyl (C=O) groups excluding carboxylic acids is 1. The Balaban J connectivity index is 2.07. The summed E-state index contributed by atoms with van der Waals surface area (Å²) in [5, 5.41) is 9.04. The van der Waals surface area contributed by atoms with Crippen LogP contribution >= 0.6 is 0 Å². The van der Waals surface area contributed by atoms with Gasteiger partial charge in [0, 0.05) is 19.6 Å². The zero-order valence-corrected chi connectivity index (χ0v) is 9.13. The Morgan fingerprint density at radius 3 is 2.62 bits per heavy atom. The van der Waals surface area contributed by atoms with E-state index in [0.717, 1.165) is 19.4 Å². The van der Waals surface area contributed by atoms with Gasteiger partial charge in [0.15, 0.2) is 0 Å². The molecule has 0 aromatic carbocycles. The normalized spacial score (nSPS) is 28.8. The van der Waals surface area contributed by atoms with Crippen molar-refractivity contribution >= 4 is 12.0 Å². The van der Waals surface area contributed by atoms with Gasteiger partial charge in [0.1, 0.15) is 0 Å². The highest BCUT2D eigenvalue weighted by atomic mass is 16.4. The molecular formula is C11H16N2O3. The predicted molar refractivity (Wildman–Crippen MR) is 58.0 cm³/mol. The topological polar surface area (TPSA) is 60.9 Å². The first-order valence-corrected chi connectivity index (χ1v) is 5.54. The monoisotopic (exact) mass is 224 g/mol. The quantitative estimate of drug-likeness (QED) is 0.669. The van der Waals surface area contributed by atoms with Crippen molar-refractivity contribution in [1.29, 1.82) is 0 Å². The summed E-state index contributed by atoms with van der Waals surface area (Å²) in [6, 6.07) is -0.0184. The number of nitrogens with zero attached hydrogens (tertiary/aromatic N) is 2. The fourth-order valence-electron chi connectivity index (χ4n) is 2.71. The number of carbonyl (C=O) groups is 2. The van der Waals surface area contributed by atoms with Crippen LogP contribution in [0.25, 0.3) is 0 Å². The van der Waals surface area contributed by atoms with Gasteiger partial charge in [-0.25, -0.2) is 4.79 Å². The van der Waals surface area contributed by atoms with Crippen LogP contribution in [-0.4, -0.2) is 52.6 Å². The molecule has 5 nitrogen and oxygen atoms in total. The van der Waals surface area contributed by atoms with Crippen LogP contribution in [-0.2, 0) is 4.79 Å². The molecular weight excluding hydrogens is 208 g/mol. The molecule has 2 unspecified atom stereocenters. The maximum atomic E-state index is 11.5. The van der Waals surface area contributed by atoms with Gasteiger partial charge < -0.3 is 14.9 Å². The van der Waals surface area contributed by atoms with E-state index in [1.807, 2.05) is 0 Å². The zero-order chi connectivity index (χ0) is 11.7. The van der Waals surface area contributed by atoms with E-state index in [1.165, 1.54) is 11.0 Å². The second-order valence-corrected chi connectivity index (χ2v) is 4.37. The van der Waals surface area contributed by atoms with E-state index < -0.39 is 6.09 Å². The second-order valence-electron chi connectivity index (χ2n) is 4.37. The van der Waals surface area contributed by atoms with Crippen molar-refractivity contribution in [3.8, 4) is 0 Å². The lowest BCUT2D eigenvalue weighted by molar-refractivity contribution is -0.128. The summed E-state index contributed by atoms with van der Waals surface area (Å²) in [5.41, 5.74) is 0. The first-order valence-electron chi connectivity index (χ1n) is 5.54. The summed E-state index contributed by atoms with van der Waals surface area (Å²) < 4.78 is 0. The maximum Gasteiger partial charge on any atom is 0.407 e. The molecule has 88 valence electrons. The van der Waals surface area contributed by atoms with Gasteiger partial charge >= 0.3 is 6.09 Å². The molecule has 2 aliphatic rings. The smallest absolute Gasteiger partial charge is 0.407 e. The molecule has 2 aliphatic heterocycles. The fraction of sp³-hybridized carbons (Fsp3) is 0.636. The Hall–Kier alpha value is -1.52. The molecule has 16 heavy (non-hydrogen) atoms. The number of carboxylic acid groups (broad SMARTS) is 1. The summed E-state index contributed by atoms with van der Waals surface area (Å²) in [6.45, 7) is 5.29. The minimum absolute atomic E-state index is 0.0184. The largest absolute Gasteiger partial charge is 0.465 e. The lowest BCUT2D eigenvalue weighted by Crippen LogP contribution is -2.50. The van der Waals surface area contributed by atoms with Gasteiger partial charge in [-0.3, -0.25) is 4.79 Å². The van der Waals surface area contributed by atoms with E-state index >= 15 is 0 Å². The van der Waals surface area contributed by atoms with Crippen LogP contribution in [0.15, 0.2) is 12.7 Å². The van der Waals surface area contributed by atoms with Gasteiger partial charge in [0.25, 0.3) is 0 Å². The van der Waals surface area contributed by atoms with E-state index in [9.17, 15) is 9.59 Å². The third kappa shape index (κ3) is 1.77. The van der Waals surface area contributed by atoms with Crippen molar-refractivity contribution in [2.45, 2.75) is 18.9 Å². The van der Waals surface area contributed by atoms with E-state index in [0.29, 0.717) is 19.0 Å². The van der Waals surface area contributed by atoms with E-state index in [1.54, 1.807) is 4.90 Å². The third-order valence-electron chi connectivity index (χ3n) is 3.59. The van der Waals surface area contributed by atoms with E-state index in [2.05, 4.69) is 6.58 Å². The summed E-state index contributed by atoms with van der Waals surface area (Å²) >= 11 is 0. The lowest BCUT2D eigenvalue weighted by atomic mass is 9.92. The van der Waals surface area contributed by atoms with Gasteiger partial charge in [-0.2, -0.15) is 0 Å². The average molecular weight is 224 g/mol. The van der Waals surface area contributed by atoms with Gasteiger partial charge in [-0.15, -0.1) is 0 Å². The van der Waals surface area contributed by atoms with E-state index in [4.69, 9.17) is 5.11 Å². The van der Waals surface area contributed by atoms with Crippen LogP contribution in [0, 0.1) is 5.92 Å². The number of piperidine rings is 1. The molecule has 2 heterocycles. The van der Waals surface area contributed by atoms with Crippen LogP contribution in [0.4, 0.5) is 4.79 Å². The number of hydrogen-bond acceptors (Lipinski definition) is 2. The fourth-order valence-corrected chi connectivity index (χ4v) is 2.71. The Morgan fingerprint density at radius 1 is 1.31 bits per heavy atom. The highest BCUT2D eigenvalue weighted by Gasteiger charge is 2.41. The first-order chi connectivity index (χ1) is 7.63. The maximum absolute atomic E-state index is 11.5. The lowest BCUT2D eigenvalue weighted by Gasteiger charge is -2.37. The van der Waals surface area contributed by atoms with Crippen LogP contribution in [0.1, 0.15) is 12.8 Å². The van der Waals surface area contributed by atoms with Crippen LogP contribution in [0.2, 0.25) is 0 Å². The summed E-state index contributed by atoms with van der Waals surface area (Å²) in [6.07, 6.45) is 2.24. The summed E-state index contributed by atoms with van der Waals surface area (Å²) in [7, 11) is 0. The summed E-state index contributed by atoms with van der Waals surface area (Å²) in [4.78, 5) is 25.6. The second kappa shape index (κ2) is 4.15. The molecule has 0 aromatic rings. The average Bonchev–Trinajstić information content (AvgIpc) is 2.70. The Morgan fingerprint density at radius 2 is 2.00 bits per heavy atom. The minimum atomic E-state index is -0.875. The van der Waals surface area contributed by atoms with E-state index in [-0.39, 0.29) is 11.9 Å². The first kappa shape index (κ1) is 11.0. The molecule has 0 aromatic heterocycles. The molecule has 5 heteroatoms. The molecule has 0 saturated carbocycles. The zero-order valence-electron chi connectivity index (χ0n) is 9.13. The standard InChI is InChI=1S/C11H16N2O3/c1-2-10(14)12-5-3-8-4-6-13(11(15)16)9(8)7-12/h2,8-9H,1,3-7H2,(H,15,16). The van der Waals surface area contributed by atoms with Crippen molar-refractivity contribution in [2.24, 2.45) is 5.92 Å². The highest BCUT2D eigenvalue weighted by Crippen LogP contribution is 2.31. The molecule has 2 amide bonds. The number of amides is 2. The molecule has 2 rings (SSSR count). The number of rotatable bonds is 1. The Kier molecular flexibility index (Phi) is 2.85.